The van der Waals surface area contributed by atoms with Gasteiger partial charge in [0.15, 0.2) is 5.65 Å². The van der Waals surface area contributed by atoms with Gasteiger partial charge in [0.2, 0.25) is 5.95 Å². The Bertz CT molecular complexity index is 577. The van der Waals surface area contributed by atoms with E-state index in [9.17, 15) is 0 Å². The maximum Gasteiger partial charge on any atom is 0.226 e. The first-order valence-electron chi connectivity index (χ1n) is 6.99. The van der Waals surface area contributed by atoms with E-state index >= 15 is 0 Å². The highest BCUT2D eigenvalue weighted by Crippen LogP contribution is 2.24. The van der Waals surface area contributed by atoms with Crippen LogP contribution in [0.1, 0.15) is 19.3 Å². The maximum absolute atomic E-state index is 5.80. The number of H-pyrrole nitrogens is 1. The van der Waals surface area contributed by atoms with E-state index in [4.69, 9.17) is 4.74 Å². The van der Waals surface area contributed by atoms with Crippen LogP contribution in [-0.4, -0.2) is 53.5 Å². The van der Waals surface area contributed by atoms with Crippen molar-refractivity contribution in [2.75, 3.05) is 37.5 Å². The van der Waals surface area contributed by atoms with Crippen molar-refractivity contribution in [1.82, 2.24) is 20.2 Å². The number of aromatic nitrogens is 4. The van der Waals surface area contributed by atoms with E-state index in [1.165, 1.54) is 12.8 Å². The van der Waals surface area contributed by atoms with Crippen molar-refractivity contribution in [3.8, 4) is 0 Å². The van der Waals surface area contributed by atoms with Gasteiger partial charge in [-0.3, -0.25) is 5.10 Å². The summed E-state index contributed by atoms with van der Waals surface area (Å²) in [5.74, 6) is 1.47. The zero-order valence-electron chi connectivity index (χ0n) is 11.9. The van der Waals surface area contributed by atoms with Crippen molar-refractivity contribution in [3.05, 3.63) is 6.20 Å². The van der Waals surface area contributed by atoms with Crippen molar-refractivity contribution in [1.29, 1.82) is 0 Å². The van der Waals surface area contributed by atoms with E-state index in [0.29, 0.717) is 5.95 Å². The molecule has 0 spiro atoms. The number of anilines is 2. The van der Waals surface area contributed by atoms with Crippen molar-refractivity contribution in [2.24, 2.45) is 0 Å². The minimum atomic E-state index is 0.281. The van der Waals surface area contributed by atoms with Crippen molar-refractivity contribution >= 4 is 22.8 Å². The SMILES string of the molecule is CNc1nc(N(C)CC2CCCCO2)c2cn[nH]c2n1. The van der Waals surface area contributed by atoms with Gasteiger partial charge in [-0.2, -0.15) is 15.1 Å². The van der Waals surface area contributed by atoms with Crippen LogP contribution in [0.2, 0.25) is 0 Å². The average molecular weight is 276 g/mol. The fraction of sp³-hybridized carbons (Fsp3) is 0.615. The van der Waals surface area contributed by atoms with Crippen LogP contribution < -0.4 is 10.2 Å². The number of ether oxygens (including phenoxy) is 1. The number of rotatable bonds is 4. The summed E-state index contributed by atoms with van der Waals surface area (Å²) in [6.45, 7) is 1.70. The minimum Gasteiger partial charge on any atom is -0.376 e. The van der Waals surface area contributed by atoms with Gasteiger partial charge in [0.05, 0.1) is 17.7 Å². The van der Waals surface area contributed by atoms with E-state index in [1.54, 1.807) is 6.20 Å². The maximum atomic E-state index is 5.80. The number of hydrogen-bond donors (Lipinski definition) is 2. The second kappa shape index (κ2) is 5.62. The summed E-state index contributed by atoms with van der Waals surface area (Å²) in [6, 6.07) is 0. The highest BCUT2D eigenvalue weighted by atomic mass is 16.5. The van der Waals surface area contributed by atoms with Crippen LogP contribution in [0, 0.1) is 0 Å². The first-order valence-corrected chi connectivity index (χ1v) is 6.99. The molecule has 20 heavy (non-hydrogen) atoms. The van der Waals surface area contributed by atoms with Gasteiger partial charge >= 0.3 is 0 Å². The molecular formula is C13H20N6O. The molecule has 0 amide bonds. The molecule has 2 N–H and O–H groups in total. The number of fused-ring (bicyclic) bond motifs is 1. The number of aromatic amines is 1. The summed E-state index contributed by atoms with van der Waals surface area (Å²) >= 11 is 0. The molecule has 1 aliphatic rings. The summed E-state index contributed by atoms with van der Waals surface area (Å²) in [5.41, 5.74) is 0.746. The largest absolute Gasteiger partial charge is 0.376 e. The van der Waals surface area contributed by atoms with Gasteiger partial charge in [0.25, 0.3) is 0 Å². The van der Waals surface area contributed by atoms with Gasteiger partial charge in [0, 0.05) is 27.2 Å². The molecule has 3 heterocycles. The third kappa shape index (κ3) is 2.53. The minimum absolute atomic E-state index is 0.281. The summed E-state index contributed by atoms with van der Waals surface area (Å²) in [6.07, 6.45) is 5.57. The van der Waals surface area contributed by atoms with Gasteiger partial charge in [-0.1, -0.05) is 0 Å². The fourth-order valence-electron chi connectivity index (χ4n) is 2.57. The molecule has 3 rings (SSSR count). The molecule has 0 bridgehead atoms. The lowest BCUT2D eigenvalue weighted by molar-refractivity contribution is 0.0215. The van der Waals surface area contributed by atoms with Crippen molar-refractivity contribution < 1.29 is 4.74 Å². The van der Waals surface area contributed by atoms with Crippen LogP contribution in [0.4, 0.5) is 11.8 Å². The molecule has 2 aromatic heterocycles. The topological polar surface area (TPSA) is 79.0 Å². The Morgan fingerprint density at radius 1 is 1.45 bits per heavy atom. The zero-order chi connectivity index (χ0) is 13.9. The lowest BCUT2D eigenvalue weighted by atomic mass is 10.1. The normalized spacial score (nSPS) is 19.2. The number of likely N-dealkylation sites (N-methyl/N-ethyl adjacent to an activating group) is 1. The molecule has 1 saturated heterocycles. The monoisotopic (exact) mass is 276 g/mol. The molecule has 7 heteroatoms. The van der Waals surface area contributed by atoms with E-state index < -0.39 is 0 Å². The molecule has 1 aliphatic heterocycles. The predicted octanol–water partition coefficient (Wildman–Crippen LogP) is 1.40. The van der Waals surface area contributed by atoms with E-state index in [1.807, 2.05) is 14.1 Å². The van der Waals surface area contributed by atoms with Crippen LogP contribution in [0.25, 0.3) is 11.0 Å². The molecular weight excluding hydrogens is 256 g/mol. The molecule has 0 aromatic carbocycles. The standard InChI is InChI=1S/C13H20N6O/c1-14-13-16-11-10(7-15-18-11)12(17-13)19(2)8-9-5-3-4-6-20-9/h7,9H,3-6,8H2,1-2H3,(H2,14,15,16,17,18). The Balaban J connectivity index is 1.85. The van der Waals surface area contributed by atoms with Crippen molar-refractivity contribution in [3.63, 3.8) is 0 Å². The number of hydrogen-bond acceptors (Lipinski definition) is 6. The second-order valence-corrected chi connectivity index (χ2v) is 5.12. The van der Waals surface area contributed by atoms with E-state index in [0.717, 1.165) is 36.4 Å². The zero-order valence-corrected chi connectivity index (χ0v) is 11.9. The summed E-state index contributed by atoms with van der Waals surface area (Å²) in [7, 11) is 3.84. The Morgan fingerprint density at radius 3 is 3.10 bits per heavy atom. The molecule has 1 unspecified atom stereocenters. The van der Waals surface area contributed by atoms with Gasteiger partial charge in [-0.15, -0.1) is 0 Å². The van der Waals surface area contributed by atoms with Gasteiger partial charge in [-0.25, -0.2) is 0 Å². The highest BCUT2D eigenvalue weighted by Gasteiger charge is 2.19. The van der Waals surface area contributed by atoms with Gasteiger partial charge in [0.1, 0.15) is 5.82 Å². The van der Waals surface area contributed by atoms with Gasteiger partial charge in [-0.05, 0) is 19.3 Å². The Morgan fingerprint density at radius 2 is 2.35 bits per heavy atom. The third-order valence-corrected chi connectivity index (χ3v) is 3.63. The molecule has 0 radical (unpaired) electrons. The summed E-state index contributed by atoms with van der Waals surface area (Å²) in [5, 5.41) is 10.9. The highest BCUT2D eigenvalue weighted by molar-refractivity contribution is 5.87. The summed E-state index contributed by atoms with van der Waals surface area (Å²) < 4.78 is 5.80. The van der Waals surface area contributed by atoms with Crippen LogP contribution in [0.5, 0.6) is 0 Å². The summed E-state index contributed by atoms with van der Waals surface area (Å²) in [4.78, 5) is 11.0. The first-order chi connectivity index (χ1) is 9.78. The van der Waals surface area contributed by atoms with Crippen molar-refractivity contribution in [2.45, 2.75) is 25.4 Å². The Hall–Kier alpha value is -1.89. The molecule has 0 aliphatic carbocycles. The number of nitrogens with zero attached hydrogens (tertiary/aromatic N) is 4. The molecule has 108 valence electrons. The lowest BCUT2D eigenvalue weighted by Crippen LogP contribution is -2.34. The molecule has 1 atom stereocenters. The second-order valence-electron chi connectivity index (χ2n) is 5.12. The molecule has 0 saturated carbocycles. The van der Waals surface area contributed by atoms with E-state index in [2.05, 4.69) is 30.4 Å². The van der Waals surface area contributed by atoms with Crippen LogP contribution in [-0.2, 0) is 4.74 Å². The average Bonchev–Trinajstić information content (AvgIpc) is 2.95. The lowest BCUT2D eigenvalue weighted by Gasteiger charge is -2.28. The molecule has 1 fully saturated rings. The van der Waals surface area contributed by atoms with Crippen LogP contribution >= 0.6 is 0 Å². The fourth-order valence-corrected chi connectivity index (χ4v) is 2.57. The third-order valence-electron chi connectivity index (χ3n) is 3.63. The van der Waals surface area contributed by atoms with Crippen LogP contribution in [0.3, 0.4) is 0 Å². The predicted molar refractivity (Wildman–Crippen MR) is 78.1 cm³/mol. The van der Waals surface area contributed by atoms with Gasteiger partial charge < -0.3 is 15.0 Å². The van der Waals surface area contributed by atoms with Crippen LogP contribution in [0.15, 0.2) is 6.20 Å². The van der Waals surface area contributed by atoms with E-state index in [-0.39, 0.29) is 6.10 Å². The molecule has 2 aromatic rings. The quantitative estimate of drug-likeness (QED) is 0.879. The first kappa shape index (κ1) is 13.1. The smallest absolute Gasteiger partial charge is 0.226 e. The number of nitrogens with one attached hydrogen (secondary N) is 2. The Labute approximate surface area is 117 Å². The molecule has 7 nitrogen and oxygen atoms in total. The Kier molecular flexibility index (Phi) is 3.68.